The van der Waals surface area contributed by atoms with Gasteiger partial charge in [-0.2, -0.15) is 0 Å². The summed E-state index contributed by atoms with van der Waals surface area (Å²) in [6.07, 6.45) is 3.90. The molecule has 1 unspecified atom stereocenters. The zero-order valence-electron chi connectivity index (χ0n) is 15.4. The molecule has 0 spiro atoms. The van der Waals surface area contributed by atoms with Crippen LogP contribution >= 0.6 is 0 Å². The molecule has 2 aromatic rings. The molecule has 0 saturated carbocycles. The predicted molar refractivity (Wildman–Crippen MR) is 101 cm³/mol. The lowest BCUT2D eigenvalue weighted by Crippen LogP contribution is -2.18. The van der Waals surface area contributed by atoms with Crippen LogP contribution in [0.5, 0.6) is 0 Å². The maximum Gasteiger partial charge on any atom is 0.339 e. The largest absolute Gasteiger partial charge is 0.459 e. The number of unbranched alkanes of at least 4 members (excludes halogenated alkanes) is 2. The van der Waals surface area contributed by atoms with E-state index in [1.54, 1.807) is 24.3 Å². The molecule has 4 heteroatoms. The van der Waals surface area contributed by atoms with Gasteiger partial charge in [-0.3, -0.25) is 0 Å². The smallest absolute Gasteiger partial charge is 0.339 e. The zero-order valence-corrected chi connectivity index (χ0v) is 15.4. The molecular formula is C22H26O4. The van der Waals surface area contributed by atoms with Crippen molar-refractivity contribution in [2.75, 3.05) is 0 Å². The van der Waals surface area contributed by atoms with Gasteiger partial charge in [0, 0.05) is 0 Å². The molecule has 4 nitrogen and oxygen atoms in total. The summed E-state index contributed by atoms with van der Waals surface area (Å²) in [5, 5.41) is 0. The van der Waals surface area contributed by atoms with E-state index in [2.05, 4.69) is 6.92 Å². The Balaban J connectivity index is 1.99. The van der Waals surface area contributed by atoms with E-state index < -0.39 is 11.9 Å². The van der Waals surface area contributed by atoms with Crippen molar-refractivity contribution in [3.8, 4) is 0 Å². The van der Waals surface area contributed by atoms with Gasteiger partial charge in [0.05, 0.1) is 17.2 Å². The van der Waals surface area contributed by atoms with Crippen molar-refractivity contribution in [1.82, 2.24) is 0 Å². The molecule has 0 saturated heterocycles. The fourth-order valence-corrected chi connectivity index (χ4v) is 2.63. The van der Waals surface area contributed by atoms with E-state index in [4.69, 9.17) is 9.47 Å². The average Bonchev–Trinajstić information content (AvgIpc) is 2.67. The summed E-state index contributed by atoms with van der Waals surface area (Å²) in [5.41, 5.74) is 1.37. The fourth-order valence-electron chi connectivity index (χ4n) is 2.63. The van der Waals surface area contributed by atoms with Gasteiger partial charge in [0.15, 0.2) is 0 Å². The average molecular weight is 354 g/mol. The molecule has 0 bridgehead atoms. The first kappa shape index (κ1) is 19.7. The Bertz CT molecular complexity index is 709. The highest BCUT2D eigenvalue weighted by atomic mass is 16.5. The summed E-state index contributed by atoms with van der Waals surface area (Å²) >= 11 is 0. The number of carbonyl (C=O) groups excluding carboxylic acids is 2. The van der Waals surface area contributed by atoms with Crippen molar-refractivity contribution in [2.24, 2.45) is 0 Å². The molecule has 0 radical (unpaired) electrons. The molecule has 0 aliphatic carbocycles. The minimum absolute atomic E-state index is 0.163. The molecule has 0 aliphatic rings. The highest BCUT2D eigenvalue weighted by molar-refractivity contribution is 6.03. The van der Waals surface area contributed by atoms with Gasteiger partial charge in [0.1, 0.15) is 6.61 Å². The number of hydrogen-bond donors (Lipinski definition) is 0. The minimum atomic E-state index is -0.528. The van der Waals surface area contributed by atoms with Crippen LogP contribution < -0.4 is 0 Å². The number of carbonyl (C=O) groups is 2. The first-order valence-electron chi connectivity index (χ1n) is 9.13. The van der Waals surface area contributed by atoms with Crippen molar-refractivity contribution in [1.29, 1.82) is 0 Å². The molecule has 1 atom stereocenters. The van der Waals surface area contributed by atoms with E-state index in [0.717, 1.165) is 31.2 Å². The summed E-state index contributed by atoms with van der Waals surface area (Å²) in [6.45, 7) is 4.17. The van der Waals surface area contributed by atoms with Gasteiger partial charge >= 0.3 is 11.9 Å². The second-order valence-corrected chi connectivity index (χ2v) is 6.32. The van der Waals surface area contributed by atoms with Gasteiger partial charge in [0.2, 0.25) is 0 Å². The van der Waals surface area contributed by atoms with Crippen molar-refractivity contribution in [3.05, 3.63) is 71.3 Å². The van der Waals surface area contributed by atoms with Crippen LogP contribution in [0.1, 0.15) is 65.8 Å². The van der Waals surface area contributed by atoms with Gasteiger partial charge in [-0.05, 0) is 37.5 Å². The molecule has 138 valence electrons. The number of esters is 2. The van der Waals surface area contributed by atoms with Gasteiger partial charge in [0.25, 0.3) is 0 Å². The fraction of sp³-hybridized carbons (Fsp3) is 0.364. The minimum Gasteiger partial charge on any atom is -0.459 e. The summed E-state index contributed by atoms with van der Waals surface area (Å²) in [7, 11) is 0. The van der Waals surface area contributed by atoms with Crippen LogP contribution in [-0.4, -0.2) is 18.0 Å². The van der Waals surface area contributed by atoms with Gasteiger partial charge in [-0.25, -0.2) is 9.59 Å². The molecular weight excluding hydrogens is 328 g/mol. The van der Waals surface area contributed by atoms with E-state index in [1.165, 1.54) is 0 Å². The van der Waals surface area contributed by atoms with Crippen LogP contribution in [0.25, 0.3) is 0 Å². The Labute approximate surface area is 155 Å². The first-order valence-corrected chi connectivity index (χ1v) is 9.13. The third-order valence-electron chi connectivity index (χ3n) is 4.10. The van der Waals surface area contributed by atoms with Crippen LogP contribution in [0.3, 0.4) is 0 Å². The standard InChI is InChI=1S/C22H26O4/c1-3-4-6-11-17(2)26-22(24)20-15-10-9-14-19(20)21(23)25-16-18-12-7-5-8-13-18/h5,7-10,12-15,17H,3-4,6,11,16H2,1-2H3. The molecule has 26 heavy (non-hydrogen) atoms. The number of benzene rings is 2. The topological polar surface area (TPSA) is 52.6 Å². The van der Waals surface area contributed by atoms with Gasteiger partial charge < -0.3 is 9.47 Å². The van der Waals surface area contributed by atoms with Crippen LogP contribution in [0.2, 0.25) is 0 Å². The van der Waals surface area contributed by atoms with Crippen molar-refractivity contribution in [3.63, 3.8) is 0 Å². The Morgan fingerprint density at radius 1 is 0.885 bits per heavy atom. The number of hydrogen-bond acceptors (Lipinski definition) is 4. The van der Waals surface area contributed by atoms with E-state index in [1.807, 2.05) is 37.3 Å². The highest BCUT2D eigenvalue weighted by Crippen LogP contribution is 2.16. The monoisotopic (exact) mass is 354 g/mol. The van der Waals surface area contributed by atoms with Gasteiger partial charge in [-0.15, -0.1) is 0 Å². The molecule has 0 aromatic heterocycles. The van der Waals surface area contributed by atoms with Crippen molar-refractivity contribution in [2.45, 2.75) is 52.2 Å². The Morgan fingerprint density at radius 2 is 1.50 bits per heavy atom. The molecule has 0 heterocycles. The van der Waals surface area contributed by atoms with E-state index in [0.29, 0.717) is 0 Å². The summed E-state index contributed by atoms with van der Waals surface area (Å²) in [4.78, 5) is 24.9. The second kappa shape index (κ2) is 10.4. The van der Waals surface area contributed by atoms with E-state index in [-0.39, 0.29) is 23.8 Å². The summed E-state index contributed by atoms with van der Waals surface area (Å²) in [5.74, 6) is -1.01. The molecule has 0 fully saturated rings. The Morgan fingerprint density at radius 3 is 2.15 bits per heavy atom. The lowest BCUT2D eigenvalue weighted by molar-refractivity contribution is 0.0305. The van der Waals surface area contributed by atoms with Crippen LogP contribution in [-0.2, 0) is 16.1 Å². The van der Waals surface area contributed by atoms with Crippen LogP contribution in [0, 0.1) is 0 Å². The number of rotatable bonds is 9. The lowest BCUT2D eigenvalue weighted by atomic mass is 10.1. The SMILES string of the molecule is CCCCCC(C)OC(=O)c1ccccc1C(=O)OCc1ccccc1. The Kier molecular flexibility index (Phi) is 7.87. The third-order valence-corrected chi connectivity index (χ3v) is 4.10. The quantitative estimate of drug-likeness (QED) is 0.460. The summed E-state index contributed by atoms with van der Waals surface area (Å²) in [6, 6.07) is 16.0. The molecule has 2 aromatic carbocycles. The van der Waals surface area contributed by atoms with Crippen LogP contribution in [0.4, 0.5) is 0 Å². The van der Waals surface area contributed by atoms with Crippen LogP contribution in [0.15, 0.2) is 54.6 Å². The second-order valence-electron chi connectivity index (χ2n) is 6.32. The molecule has 0 aliphatic heterocycles. The Hall–Kier alpha value is -2.62. The third kappa shape index (κ3) is 6.03. The maximum atomic E-state index is 12.5. The maximum absolute atomic E-state index is 12.5. The van der Waals surface area contributed by atoms with Crippen molar-refractivity contribution >= 4 is 11.9 Å². The van der Waals surface area contributed by atoms with Crippen molar-refractivity contribution < 1.29 is 19.1 Å². The molecule has 0 N–H and O–H groups in total. The highest BCUT2D eigenvalue weighted by Gasteiger charge is 2.20. The molecule has 0 amide bonds. The normalized spacial score (nSPS) is 11.6. The first-order chi connectivity index (χ1) is 12.6. The van der Waals surface area contributed by atoms with E-state index in [9.17, 15) is 9.59 Å². The molecule has 2 rings (SSSR count). The van der Waals surface area contributed by atoms with E-state index >= 15 is 0 Å². The summed E-state index contributed by atoms with van der Waals surface area (Å²) < 4.78 is 10.8. The lowest BCUT2D eigenvalue weighted by Gasteiger charge is -2.14. The predicted octanol–water partition coefficient (Wildman–Crippen LogP) is 5.17. The zero-order chi connectivity index (χ0) is 18.8. The van der Waals surface area contributed by atoms with Gasteiger partial charge in [-0.1, -0.05) is 62.2 Å². The number of ether oxygens (including phenoxy) is 2.